The lowest BCUT2D eigenvalue weighted by Gasteiger charge is -2.49. The molecule has 2 nitrogen and oxygen atoms in total. The lowest BCUT2D eigenvalue weighted by atomic mass is 9.61. The van der Waals surface area contributed by atoms with Gasteiger partial charge in [-0.2, -0.15) is 0 Å². The van der Waals surface area contributed by atoms with E-state index in [4.69, 9.17) is 0 Å². The number of alkyl halides is 1. The fourth-order valence-electron chi connectivity index (χ4n) is 6.95. The van der Waals surface area contributed by atoms with Crippen LogP contribution < -0.4 is 0 Å². The van der Waals surface area contributed by atoms with Crippen molar-refractivity contribution in [2.75, 3.05) is 0 Å². The summed E-state index contributed by atoms with van der Waals surface area (Å²) in [5.41, 5.74) is 4.39. The summed E-state index contributed by atoms with van der Waals surface area (Å²) in [5, 5.41) is 10.3. The summed E-state index contributed by atoms with van der Waals surface area (Å²) in [6, 6.07) is 0. The third kappa shape index (κ3) is 4.07. The minimum absolute atomic E-state index is 0.0531. The van der Waals surface area contributed by atoms with Crippen LogP contribution in [0, 0.1) is 17.3 Å². The molecule has 0 amide bonds. The molecule has 0 aromatic rings. The summed E-state index contributed by atoms with van der Waals surface area (Å²) in [6.07, 6.45) is 19.4. The Kier molecular flexibility index (Phi) is 6.51. The van der Waals surface area contributed by atoms with Crippen LogP contribution >= 0.6 is 22.6 Å². The van der Waals surface area contributed by atoms with Crippen LogP contribution in [0.1, 0.15) is 91.4 Å². The van der Waals surface area contributed by atoms with E-state index in [1.54, 1.807) is 12.5 Å². The highest BCUT2D eigenvalue weighted by molar-refractivity contribution is 14.1. The van der Waals surface area contributed by atoms with Crippen LogP contribution in [0.3, 0.4) is 0 Å². The number of carbonyl (C=O) groups is 1. The van der Waals surface area contributed by atoms with E-state index in [1.165, 1.54) is 62.5 Å². The Morgan fingerprint density at radius 2 is 1.77 bits per heavy atom. The number of hydrogen-bond donors (Lipinski definition) is 1. The molecule has 4 aliphatic carbocycles. The molecule has 3 unspecified atom stereocenters. The fourth-order valence-corrected chi connectivity index (χ4v) is 8.09. The van der Waals surface area contributed by atoms with Crippen molar-refractivity contribution in [2.45, 2.75) is 100 Å². The Bertz CT molecular complexity index is 860. The molecular weight excluding hydrogens is 495 g/mol. The zero-order valence-electron chi connectivity index (χ0n) is 19.6. The summed E-state index contributed by atoms with van der Waals surface area (Å²) in [5.74, 6) is 0.907. The minimum Gasteiger partial charge on any atom is -0.382 e. The second kappa shape index (κ2) is 8.59. The molecule has 0 aromatic carbocycles. The van der Waals surface area contributed by atoms with Gasteiger partial charge in [0, 0.05) is 3.42 Å². The largest absolute Gasteiger partial charge is 0.382 e. The molecule has 0 saturated heterocycles. The van der Waals surface area contributed by atoms with Gasteiger partial charge in [-0.1, -0.05) is 72.4 Å². The van der Waals surface area contributed by atoms with Crippen LogP contribution in [0.4, 0.5) is 0 Å². The van der Waals surface area contributed by atoms with E-state index in [2.05, 4.69) is 61.2 Å². The molecule has 170 valence electrons. The molecule has 0 radical (unpaired) electrons. The number of Topliss-reactive ketones (excluding diaryl/α,β-unsaturated/α-hetero) is 1. The topological polar surface area (TPSA) is 37.3 Å². The van der Waals surface area contributed by atoms with E-state index >= 15 is 0 Å². The number of ketones is 1. The lowest BCUT2D eigenvalue weighted by molar-refractivity contribution is -0.129. The summed E-state index contributed by atoms with van der Waals surface area (Å²) in [6.45, 7) is 10.8. The van der Waals surface area contributed by atoms with Gasteiger partial charge in [-0.05, 0) is 106 Å². The predicted molar refractivity (Wildman–Crippen MR) is 137 cm³/mol. The predicted octanol–water partition coefficient (Wildman–Crippen LogP) is 7.42. The Hall–Kier alpha value is -0.680. The first kappa shape index (κ1) is 23.5. The molecule has 5 atom stereocenters. The number of aliphatic hydroxyl groups is 1. The molecule has 4 saturated carbocycles. The molecule has 4 fully saturated rings. The van der Waals surface area contributed by atoms with Gasteiger partial charge in [-0.25, -0.2) is 0 Å². The maximum Gasteiger partial charge on any atom is 0.189 e. The number of halogens is 1. The fraction of sp³-hybridized carbons (Fsp3) is 0.679. The van der Waals surface area contributed by atoms with Gasteiger partial charge in [0.05, 0.1) is 0 Å². The van der Waals surface area contributed by atoms with E-state index in [1.807, 2.05) is 0 Å². The second-order valence-electron chi connectivity index (χ2n) is 11.1. The quantitative estimate of drug-likeness (QED) is 0.233. The Morgan fingerprint density at radius 1 is 1.03 bits per heavy atom. The highest BCUT2D eigenvalue weighted by Crippen LogP contribution is 2.65. The van der Waals surface area contributed by atoms with Gasteiger partial charge in [-0.15, -0.1) is 0 Å². The first-order chi connectivity index (χ1) is 14.6. The van der Waals surface area contributed by atoms with E-state index in [0.29, 0.717) is 24.7 Å². The number of hydrogen-bond acceptors (Lipinski definition) is 2. The van der Waals surface area contributed by atoms with Crippen molar-refractivity contribution in [3.05, 3.63) is 47.1 Å². The van der Waals surface area contributed by atoms with Crippen LogP contribution in [0.2, 0.25) is 0 Å². The standard InChI is InChI=1S/C28H39IO2/c1-19-8-5-6-9-21(19)11-12-22-10-7-15-26(3)24(22)14-17-28(26,29)20(2)18-23-13-16-27(4,31)25(23)30/h11-12,18,20,24,31H,1,5-10,13-17H2,2-4H3/b21-11-,22-12+,23-18+/t20?,24?,26-,27-,28?/m0/s1. The number of allylic oxidation sites excluding steroid dienone is 6. The second-order valence-corrected chi connectivity index (χ2v) is 13.0. The smallest absolute Gasteiger partial charge is 0.189 e. The number of fused-ring (bicyclic) bond motifs is 1. The maximum atomic E-state index is 12.6. The maximum absolute atomic E-state index is 12.6. The monoisotopic (exact) mass is 534 g/mol. The first-order valence-electron chi connectivity index (χ1n) is 12.3. The summed E-state index contributed by atoms with van der Waals surface area (Å²) in [4.78, 5) is 12.6. The van der Waals surface area contributed by atoms with Crippen LogP contribution in [0.5, 0.6) is 0 Å². The molecule has 4 aliphatic rings. The molecule has 0 heterocycles. The highest BCUT2D eigenvalue weighted by atomic mass is 127. The van der Waals surface area contributed by atoms with Crippen LogP contribution in [-0.4, -0.2) is 19.9 Å². The van der Waals surface area contributed by atoms with Gasteiger partial charge in [-0.3, -0.25) is 4.79 Å². The third-order valence-corrected chi connectivity index (χ3v) is 11.8. The SMILES string of the molecule is C=C1CCCC/C1=C/C=C1\CCC[C@@]2(C)C1CCC2(I)C(C)/C=C1\CC[C@](C)(O)C1=O. The van der Waals surface area contributed by atoms with Gasteiger partial charge in [0.25, 0.3) is 0 Å². The molecule has 1 N–H and O–H groups in total. The van der Waals surface area contributed by atoms with Gasteiger partial charge in [0.15, 0.2) is 5.78 Å². The average molecular weight is 535 g/mol. The molecule has 0 aromatic heterocycles. The summed E-state index contributed by atoms with van der Waals surface area (Å²) in [7, 11) is 0. The zero-order valence-corrected chi connectivity index (χ0v) is 21.8. The first-order valence-corrected chi connectivity index (χ1v) is 13.4. The van der Waals surface area contributed by atoms with Gasteiger partial charge >= 0.3 is 0 Å². The van der Waals surface area contributed by atoms with Gasteiger partial charge < -0.3 is 5.11 Å². The van der Waals surface area contributed by atoms with Crippen LogP contribution in [0.15, 0.2) is 47.1 Å². The molecule has 0 spiro atoms. The van der Waals surface area contributed by atoms with Crippen molar-refractivity contribution in [3.63, 3.8) is 0 Å². The summed E-state index contributed by atoms with van der Waals surface area (Å²) < 4.78 is 0.151. The van der Waals surface area contributed by atoms with Crippen molar-refractivity contribution >= 4 is 28.4 Å². The van der Waals surface area contributed by atoms with Crippen molar-refractivity contribution in [3.8, 4) is 0 Å². The average Bonchev–Trinajstić information content (AvgIpc) is 3.15. The molecule has 3 heteroatoms. The van der Waals surface area contributed by atoms with E-state index in [0.717, 1.165) is 12.0 Å². The highest BCUT2D eigenvalue weighted by Gasteiger charge is 2.59. The van der Waals surface area contributed by atoms with E-state index in [-0.39, 0.29) is 14.6 Å². The molecule has 31 heavy (non-hydrogen) atoms. The number of rotatable bonds is 3. The van der Waals surface area contributed by atoms with Gasteiger partial charge in [0.2, 0.25) is 0 Å². The minimum atomic E-state index is -1.16. The molecular formula is C28H39IO2. The van der Waals surface area contributed by atoms with Crippen molar-refractivity contribution in [2.24, 2.45) is 17.3 Å². The number of carbonyl (C=O) groups excluding carboxylic acids is 1. The normalized spacial score (nSPS) is 43.8. The third-order valence-electron chi connectivity index (χ3n) is 9.09. The van der Waals surface area contributed by atoms with Crippen molar-refractivity contribution in [1.82, 2.24) is 0 Å². The molecule has 0 bridgehead atoms. The molecule has 0 aliphatic heterocycles. The Balaban J connectivity index is 1.58. The van der Waals surface area contributed by atoms with Crippen molar-refractivity contribution in [1.29, 1.82) is 0 Å². The molecule has 4 rings (SSSR count). The van der Waals surface area contributed by atoms with Crippen LogP contribution in [0.25, 0.3) is 0 Å². The van der Waals surface area contributed by atoms with E-state index < -0.39 is 5.60 Å². The van der Waals surface area contributed by atoms with Crippen molar-refractivity contribution < 1.29 is 9.90 Å². The van der Waals surface area contributed by atoms with Gasteiger partial charge in [0.1, 0.15) is 5.60 Å². The lowest BCUT2D eigenvalue weighted by Crippen LogP contribution is -2.46. The summed E-state index contributed by atoms with van der Waals surface area (Å²) >= 11 is 2.75. The Labute approximate surface area is 202 Å². The van der Waals surface area contributed by atoms with Crippen LogP contribution in [-0.2, 0) is 4.79 Å². The zero-order chi connectivity index (χ0) is 22.4. The van der Waals surface area contributed by atoms with E-state index in [9.17, 15) is 9.90 Å². The Morgan fingerprint density at radius 3 is 2.45 bits per heavy atom.